The summed E-state index contributed by atoms with van der Waals surface area (Å²) in [4.78, 5) is 3.95. The van der Waals surface area contributed by atoms with Crippen molar-refractivity contribution in [2.75, 3.05) is 0 Å². The first-order chi connectivity index (χ1) is 9.00. The summed E-state index contributed by atoms with van der Waals surface area (Å²) in [5.74, 6) is 0.448. The number of hydrogen-bond acceptors (Lipinski definition) is 4. The predicted molar refractivity (Wildman–Crippen MR) is 73.1 cm³/mol. The van der Waals surface area contributed by atoms with Crippen molar-refractivity contribution in [3.63, 3.8) is 0 Å². The summed E-state index contributed by atoms with van der Waals surface area (Å²) >= 11 is 0. The average Bonchev–Trinajstić information content (AvgIpc) is 2.81. The predicted octanol–water partition coefficient (Wildman–Crippen LogP) is 2.21. The summed E-state index contributed by atoms with van der Waals surface area (Å²) in [5.41, 5.74) is -0.471. The van der Waals surface area contributed by atoms with Crippen molar-refractivity contribution in [2.24, 2.45) is 0 Å². The van der Waals surface area contributed by atoms with Gasteiger partial charge in [0.1, 0.15) is 11.6 Å². The highest BCUT2D eigenvalue weighted by Crippen LogP contribution is 2.14. The molecule has 1 heterocycles. The maximum absolute atomic E-state index is 9.23. The van der Waals surface area contributed by atoms with E-state index in [9.17, 15) is 5.26 Å². The Balaban J connectivity index is 2.38. The average molecular weight is 259 g/mol. The lowest BCUT2D eigenvalue weighted by Gasteiger charge is -2.25. The Hall–Kier alpha value is -1.85. The second-order valence-electron chi connectivity index (χ2n) is 5.26. The smallest absolute Gasteiger partial charge is 0.212 e. The standard InChI is InChI=1S/C14H21N5/c1-12(2)18-14(3,11-16)6-4-5-8-19-9-7-17-13(19)10-15/h7,9,12,18H,4-6,8H2,1-3H3. The zero-order valence-electron chi connectivity index (χ0n) is 11.8. The number of unbranched alkanes of at least 4 members (excludes halogenated alkanes) is 1. The zero-order valence-corrected chi connectivity index (χ0v) is 11.8. The Morgan fingerprint density at radius 3 is 2.74 bits per heavy atom. The fraction of sp³-hybridized carbons (Fsp3) is 0.643. The largest absolute Gasteiger partial charge is 0.323 e. The first-order valence-electron chi connectivity index (χ1n) is 6.61. The Labute approximate surface area is 114 Å². The van der Waals surface area contributed by atoms with Gasteiger partial charge in [0.15, 0.2) is 0 Å². The van der Waals surface area contributed by atoms with Crippen LogP contribution in [0.3, 0.4) is 0 Å². The van der Waals surface area contributed by atoms with E-state index in [2.05, 4.69) is 22.4 Å². The van der Waals surface area contributed by atoms with Gasteiger partial charge in [-0.15, -0.1) is 0 Å². The quantitative estimate of drug-likeness (QED) is 0.761. The fourth-order valence-electron chi connectivity index (χ4n) is 2.16. The van der Waals surface area contributed by atoms with Gasteiger partial charge in [0.05, 0.1) is 6.07 Å². The molecule has 1 aromatic rings. The highest BCUT2D eigenvalue weighted by molar-refractivity contribution is 5.11. The molecule has 0 saturated heterocycles. The lowest BCUT2D eigenvalue weighted by atomic mass is 9.95. The Morgan fingerprint density at radius 2 is 2.16 bits per heavy atom. The van der Waals surface area contributed by atoms with Crippen molar-refractivity contribution in [3.8, 4) is 12.1 Å². The molecular weight excluding hydrogens is 238 g/mol. The second-order valence-corrected chi connectivity index (χ2v) is 5.26. The molecule has 0 radical (unpaired) electrons. The summed E-state index contributed by atoms with van der Waals surface area (Å²) < 4.78 is 1.85. The van der Waals surface area contributed by atoms with Crippen molar-refractivity contribution in [1.29, 1.82) is 10.5 Å². The van der Waals surface area contributed by atoms with Crippen molar-refractivity contribution in [1.82, 2.24) is 14.9 Å². The van der Waals surface area contributed by atoms with Gasteiger partial charge in [0, 0.05) is 25.0 Å². The van der Waals surface area contributed by atoms with Crippen LogP contribution >= 0.6 is 0 Å². The third-order valence-corrected chi connectivity index (χ3v) is 3.00. The minimum atomic E-state index is -0.471. The summed E-state index contributed by atoms with van der Waals surface area (Å²) in [7, 11) is 0. The number of imidazole rings is 1. The lowest BCUT2D eigenvalue weighted by Crippen LogP contribution is -2.44. The maximum Gasteiger partial charge on any atom is 0.212 e. The van der Waals surface area contributed by atoms with Crippen LogP contribution in [0.1, 0.15) is 45.9 Å². The van der Waals surface area contributed by atoms with Crippen LogP contribution < -0.4 is 5.32 Å². The van der Waals surface area contributed by atoms with Crippen LogP contribution in [0.15, 0.2) is 12.4 Å². The van der Waals surface area contributed by atoms with E-state index in [-0.39, 0.29) is 0 Å². The highest BCUT2D eigenvalue weighted by atomic mass is 15.1. The fourth-order valence-corrected chi connectivity index (χ4v) is 2.16. The molecule has 1 atom stereocenters. The molecule has 1 N–H and O–H groups in total. The Bertz CT molecular complexity index is 477. The number of nitrogens with zero attached hydrogens (tertiary/aromatic N) is 4. The summed E-state index contributed by atoms with van der Waals surface area (Å²) in [6.07, 6.45) is 6.12. The molecule has 0 aliphatic heterocycles. The molecular formula is C14H21N5. The van der Waals surface area contributed by atoms with Crippen LogP contribution in [0.25, 0.3) is 0 Å². The van der Waals surface area contributed by atoms with E-state index in [1.54, 1.807) is 6.20 Å². The molecule has 0 spiro atoms. The van der Waals surface area contributed by atoms with E-state index in [1.807, 2.05) is 31.5 Å². The Kier molecular flexibility index (Phi) is 5.54. The molecule has 1 aromatic heterocycles. The molecule has 0 aromatic carbocycles. The lowest BCUT2D eigenvalue weighted by molar-refractivity contribution is 0.365. The molecule has 5 nitrogen and oxygen atoms in total. The minimum Gasteiger partial charge on any atom is -0.323 e. The van der Waals surface area contributed by atoms with Gasteiger partial charge in [-0.2, -0.15) is 10.5 Å². The van der Waals surface area contributed by atoms with Gasteiger partial charge < -0.3 is 4.57 Å². The van der Waals surface area contributed by atoms with Gasteiger partial charge in [-0.3, -0.25) is 5.32 Å². The van der Waals surface area contributed by atoms with E-state index >= 15 is 0 Å². The molecule has 0 fully saturated rings. The number of nitriles is 2. The normalized spacial score (nSPS) is 13.8. The molecule has 19 heavy (non-hydrogen) atoms. The topological polar surface area (TPSA) is 77.4 Å². The van der Waals surface area contributed by atoms with Crippen LogP contribution in [-0.4, -0.2) is 21.1 Å². The van der Waals surface area contributed by atoms with Gasteiger partial charge in [0.25, 0.3) is 0 Å². The number of rotatable bonds is 7. The van der Waals surface area contributed by atoms with Crippen LogP contribution in [0.4, 0.5) is 0 Å². The summed E-state index contributed by atoms with van der Waals surface area (Å²) in [6.45, 7) is 6.79. The van der Waals surface area contributed by atoms with E-state index in [0.717, 1.165) is 25.8 Å². The third kappa shape index (κ3) is 4.73. The minimum absolute atomic E-state index is 0.295. The molecule has 0 saturated carbocycles. The number of nitrogens with one attached hydrogen (secondary N) is 1. The second kappa shape index (κ2) is 6.92. The van der Waals surface area contributed by atoms with Gasteiger partial charge in [0.2, 0.25) is 5.82 Å². The van der Waals surface area contributed by atoms with E-state index in [1.165, 1.54) is 0 Å². The third-order valence-electron chi connectivity index (χ3n) is 3.00. The molecule has 1 unspecified atom stereocenters. The van der Waals surface area contributed by atoms with E-state index in [0.29, 0.717) is 11.9 Å². The van der Waals surface area contributed by atoms with Crippen LogP contribution in [0.2, 0.25) is 0 Å². The molecule has 102 valence electrons. The van der Waals surface area contributed by atoms with Crippen LogP contribution in [0, 0.1) is 22.7 Å². The van der Waals surface area contributed by atoms with Crippen molar-refractivity contribution < 1.29 is 0 Å². The molecule has 0 amide bonds. The first-order valence-corrected chi connectivity index (χ1v) is 6.61. The van der Waals surface area contributed by atoms with Crippen LogP contribution in [0.5, 0.6) is 0 Å². The van der Waals surface area contributed by atoms with E-state index in [4.69, 9.17) is 5.26 Å². The number of hydrogen-bond donors (Lipinski definition) is 1. The molecule has 5 heteroatoms. The highest BCUT2D eigenvalue weighted by Gasteiger charge is 2.23. The first kappa shape index (κ1) is 15.2. The molecule has 0 bridgehead atoms. The van der Waals surface area contributed by atoms with Crippen molar-refractivity contribution >= 4 is 0 Å². The zero-order chi connectivity index (χ0) is 14.3. The van der Waals surface area contributed by atoms with Gasteiger partial charge >= 0.3 is 0 Å². The Morgan fingerprint density at radius 1 is 1.42 bits per heavy atom. The number of aryl methyl sites for hydroxylation is 1. The van der Waals surface area contributed by atoms with Gasteiger partial charge in [-0.1, -0.05) is 0 Å². The van der Waals surface area contributed by atoms with Gasteiger partial charge in [-0.25, -0.2) is 4.98 Å². The van der Waals surface area contributed by atoms with Crippen molar-refractivity contribution in [3.05, 3.63) is 18.2 Å². The van der Waals surface area contributed by atoms with E-state index < -0.39 is 5.54 Å². The van der Waals surface area contributed by atoms with Gasteiger partial charge in [-0.05, 0) is 40.0 Å². The summed E-state index contributed by atoms with van der Waals surface area (Å²) in [6, 6.07) is 4.70. The molecule has 0 aliphatic carbocycles. The summed E-state index contributed by atoms with van der Waals surface area (Å²) in [5, 5.41) is 21.4. The van der Waals surface area contributed by atoms with Crippen molar-refractivity contribution in [2.45, 2.75) is 58.2 Å². The number of aromatic nitrogens is 2. The maximum atomic E-state index is 9.23. The molecule has 0 aliphatic rings. The molecule has 1 rings (SSSR count). The monoisotopic (exact) mass is 259 g/mol. The SMILES string of the molecule is CC(C)NC(C)(C#N)CCCCn1ccnc1C#N. The van der Waals surface area contributed by atoms with Crippen LogP contribution in [-0.2, 0) is 6.54 Å².